The largest absolute Gasteiger partial charge is 0.481 e. The number of aromatic nitrogens is 1. The fraction of sp³-hybridized carbons (Fsp3) is 0.500. The molecule has 0 radical (unpaired) electrons. The van der Waals surface area contributed by atoms with Gasteiger partial charge in [0.15, 0.2) is 0 Å². The van der Waals surface area contributed by atoms with Crippen LogP contribution in [0.15, 0.2) is 16.2 Å². The lowest BCUT2D eigenvalue weighted by molar-refractivity contribution is -0.137. The van der Waals surface area contributed by atoms with E-state index >= 15 is 0 Å². The van der Waals surface area contributed by atoms with Crippen molar-refractivity contribution in [2.45, 2.75) is 20.3 Å². The molecule has 1 aromatic rings. The lowest BCUT2D eigenvalue weighted by atomic mass is 10.1. The second kappa shape index (κ2) is 6.42. The van der Waals surface area contributed by atoms with Crippen molar-refractivity contribution in [2.75, 3.05) is 0 Å². The molecule has 0 aliphatic carbocycles. The summed E-state index contributed by atoms with van der Waals surface area (Å²) in [4.78, 5) is 19.8. The van der Waals surface area contributed by atoms with Crippen LogP contribution in [0.4, 0.5) is 0 Å². The van der Waals surface area contributed by atoms with E-state index in [0.29, 0.717) is 0 Å². The van der Waals surface area contributed by atoms with Crippen molar-refractivity contribution in [3.05, 3.63) is 21.8 Å². The number of carboxylic acid groups (broad SMARTS) is 1. The first-order valence-corrected chi connectivity index (χ1v) is 4.74. The maximum atomic E-state index is 10.0. The molecule has 1 aromatic heterocycles. The summed E-state index contributed by atoms with van der Waals surface area (Å²) in [5, 5.41) is 9.79. The predicted molar refractivity (Wildman–Crippen MR) is 52.0 cm³/mol. The summed E-state index contributed by atoms with van der Waals surface area (Å²) in [7, 11) is 0. The van der Waals surface area contributed by atoms with Crippen LogP contribution in [0.5, 0.6) is 0 Å². The summed E-state index contributed by atoms with van der Waals surface area (Å²) in [5.41, 5.74) is -0.0139. The van der Waals surface area contributed by atoms with Crippen LogP contribution in [-0.2, 0) is 4.79 Å². The molecule has 4 nitrogen and oxygen atoms in total. The van der Waals surface area contributed by atoms with Gasteiger partial charge >= 0.3 is 5.97 Å². The quantitative estimate of drug-likeness (QED) is 0.766. The Hall–Kier alpha value is -1.10. The summed E-state index contributed by atoms with van der Waals surface area (Å²) in [6.07, 6.45) is 0.278. The highest BCUT2D eigenvalue weighted by Gasteiger charge is 1.98. The van der Waals surface area contributed by atoms with Crippen molar-refractivity contribution in [3.63, 3.8) is 0 Å². The number of H-pyrrole nitrogens is 1. The second-order valence-electron chi connectivity index (χ2n) is 2.88. The van der Waals surface area contributed by atoms with Gasteiger partial charge in [0.2, 0.25) is 0 Å². The van der Waals surface area contributed by atoms with Crippen molar-refractivity contribution in [3.8, 4) is 0 Å². The van der Waals surface area contributed by atoms with E-state index in [1.54, 1.807) is 5.38 Å². The highest BCUT2D eigenvalue weighted by molar-refractivity contribution is 7.03. The van der Waals surface area contributed by atoms with Crippen LogP contribution in [0.2, 0.25) is 0 Å². The fourth-order valence-electron chi connectivity index (χ4n) is 0.571. The molecular weight excluding hydrogens is 190 g/mol. The highest BCUT2D eigenvalue weighted by atomic mass is 32.1. The molecule has 0 atom stereocenters. The standard InChI is InChI=1S/C5H10O2.C3H3NOS/c1-4(2)3-5(6)7;5-3-1-2-6-4-3/h4H,3H2,1-2H3,(H,6,7);1-2H,(H,4,5). The number of carboxylic acids is 1. The third kappa shape index (κ3) is 8.81. The number of nitrogens with one attached hydrogen (secondary N) is 1. The van der Waals surface area contributed by atoms with Gasteiger partial charge in [-0.1, -0.05) is 25.4 Å². The maximum absolute atomic E-state index is 10.0. The van der Waals surface area contributed by atoms with E-state index in [4.69, 9.17) is 5.11 Å². The molecular formula is C8H13NO3S. The lowest BCUT2D eigenvalue weighted by Crippen LogP contribution is -1.99. The van der Waals surface area contributed by atoms with E-state index in [9.17, 15) is 9.59 Å². The predicted octanol–water partition coefficient (Wildman–Crippen LogP) is 1.55. The molecule has 0 saturated carbocycles. The molecule has 0 spiro atoms. The van der Waals surface area contributed by atoms with E-state index in [2.05, 4.69) is 4.37 Å². The van der Waals surface area contributed by atoms with Gasteiger partial charge in [0.25, 0.3) is 5.56 Å². The molecule has 0 aromatic carbocycles. The average molecular weight is 203 g/mol. The zero-order valence-corrected chi connectivity index (χ0v) is 8.43. The Kier molecular flexibility index (Phi) is 5.88. The Morgan fingerprint density at radius 1 is 1.69 bits per heavy atom. The normalized spacial score (nSPS) is 9.15. The number of hydrogen-bond donors (Lipinski definition) is 2. The second-order valence-corrected chi connectivity index (χ2v) is 3.59. The number of rotatable bonds is 2. The minimum Gasteiger partial charge on any atom is -0.481 e. The SMILES string of the molecule is CC(C)CC(=O)O.O=c1ccs[nH]1. The fourth-order valence-corrected chi connectivity index (χ4v) is 1.02. The van der Waals surface area contributed by atoms with E-state index in [1.165, 1.54) is 17.6 Å². The highest BCUT2D eigenvalue weighted by Crippen LogP contribution is 1.96. The first-order chi connectivity index (χ1) is 6.02. The molecule has 0 amide bonds. The van der Waals surface area contributed by atoms with E-state index in [-0.39, 0.29) is 17.9 Å². The van der Waals surface area contributed by atoms with E-state index in [0.717, 1.165) is 0 Å². The molecule has 74 valence electrons. The maximum Gasteiger partial charge on any atom is 0.303 e. The molecule has 0 saturated heterocycles. The van der Waals surface area contributed by atoms with E-state index < -0.39 is 5.97 Å². The van der Waals surface area contributed by atoms with Crippen molar-refractivity contribution in [1.29, 1.82) is 0 Å². The molecule has 1 heterocycles. The first kappa shape index (κ1) is 11.9. The monoisotopic (exact) mass is 203 g/mol. The Balaban J connectivity index is 0.000000223. The van der Waals surface area contributed by atoms with Crippen molar-refractivity contribution < 1.29 is 9.90 Å². The molecule has 13 heavy (non-hydrogen) atoms. The molecule has 2 N–H and O–H groups in total. The van der Waals surface area contributed by atoms with Crippen LogP contribution < -0.4 is 5.56 Å². The first-order valence-electron chi connectivity index (χ1n) is 3.86. The number of aromatic amines is 1. The van der Waals surface area contributed by atoms with Crippen LogP contribution in [0.25, 0.3) is 0 Å². The molecule has 5 heteroatoms. The minimum atomic E-state index is -0.713. The zero-order valence-electron chi connectivity index (χ0n) is 7.61. The van der Waals surface area contributed by atoms with Gasteiger partial charge in [-0.25, -0.2) is 0 Å². The van der Waals surface area contributed by atoms with E-state index in [1.807, 2.05) is 13.8 Å². The summed E-state index contributed by atoms with van der Waals surface area (Å²) in [6, 6.07) is 1.49. The molecule has 0 bridgehead atoms. The summed E-state index contributed by atoms with van der Waals surface area (Å²) in [5.74, 6) is -0.438. The topological polar surface area (TPSA) is 70.2 Å². The smallest absolute Gasteiger partial charge is 0.303 e. The van der Waals surface area contributed by atoms with Crippen LogP contribution in [0, 0.1) is 5.92 Å². The van der Waals surface area contributed by atoms with Crippen LogP contribution in [-0.4, -0.2) is 15.4 Å². The van der Waals surface area contributed by atoms with Crippen molar-refractivity contribution in [2.24, 2.45) is 5.92 Å². The Labute approximate surface area is 80.4 Å². The molecule has 0 aliphatic heterocycles. The van der Waals surface area contributed by atoms with Gasteiger partial charge in [-0.3, -0.25) is 14.0 Å². The molecule has 0 unspecified atom stereocenters. The molecule has 0 aliphatic rings. The lowest BCUT2D eigenvalue weighted by Gasteiger charge is -1.94. The van der Waals surface area contributed by atoms with Crippen molar-refractivity contribution in [1.82, 2.24) is 4.37 Å². The summed E-state index contributed by atoms with van der Waals surface area (Å²) >= 11 is 1.30. The van der Waals surface area contributed by atoms with Crippen molar-refractivity contribution >= 4 is 17.5 Å². The Morgan fingerprint density at radius 3 is 2.38 bits per heavy atom. The minimum absolute atomic E-state index is 0.0139. The summed E-state index contributed by atoms with van der Waals surface area (Å²) in [6.45, 7) is 3.77. The van der Waals surface area contributed by atoms with Gasteiger partial charge in [-0.05, 0) is 5.92 Å². The third-order valence-corrected chi connectivity index (χ3v) is 1.62. The number of aliphatic carboxylic acids is 1. The van der Waals surface area contributed by atoms with Gasteiger partial charge < -0.3 is 5.11 Å². The third-order valence-electron chi connectivity index (χ3n) is 1.03. The Bertz CT molecular complexity index is 273. The van der Waals surface area contributed by atoms with Crippen LogP contribution in [0.3, 0.4) is 0 Å². The number of hydrogen-bond acceptors (Lipinski definition) is 3. The van der Waals surface area contributed by atoms with Gasteiger partial charge in [0.05, 0.1) is 0 Å². The van der Waals surface area contributed by atoms with Gasteiger partial charge in [0.1, 0.15) is 0 Å². The van der Waals surface area contributed by atoms with Gasteiger partial charge in [0, 0.05) is 17.9 Å². The van der Waals surface area contributed by atoms with Crippen LogP contribution in [0.1, 0.15) is 20.3 Å². The Morgan fingerprint density at radius 2 is 2.31 bits per heavy atom. The average Bonchev–Trinajstić information content (AvgIpc) is 2.37. The van der Waals surface area contributed by atoms with Gasteiger partial charge in [-0.2, -0.15) is 0 Å². The molecule has 1 rings (SSSR count). The summed E-state index contributed by atoms with van der Waals surface area (Å²) < 4.78 is 2.49. The zero-order chi connectivity index (χ0) is 10.3. The molecule has 0 fully saturated rings. The van der Waals surface area contributed by atoms with Gasteiger partial charge in [-0.15, -0.1) is 0 Å². The van der Waals surface area contributed by atoms with Crippen LogP contribution >= 0.6 is 11.5 Å². The number of carbonyl (C=O) groups is 1.